The van der Waals surface area contributed by atoms with Gasteiger partial charge in [-0.1, -0.05) is 36.9 Å². The van der Waals surface area contributed by atoms with Gasteiger partial charge in [-0.2, -0.15) is 0 Å². The lowest BCUT2D eigenvalue weighted by Gasteiger charge is -2.29. The monoisotopic (exact) mass is 292 g/mol. The topological polar surface area (TPSA) is 15.3 Å². The van der Waals surface area contributed by atoms with Gasteiger partial charge in [-0.15, -0.1) is 0 Å². The molecule has 2 aliphatic rings. The molecule has 2 nitrogen and oxygen atoms in total. The lowest BCUT2D eigenvalue weighted by molar-refractivity contribution is 0.554. The van der Waals surface area contributed by atoms with Crippen LogP contribution in [-0.2, 0) is 6.54 Å². The second-order valence-corrected chi connectivity index (χ2v) is 6.55. The molecule has 1 saturated carbocycles. The largest absolute Gasteiger partial charge is 0.371 e. The Morgan fingerprint density at radius 3 is 2.45 bits per heavy atom. The molecule has 0 atom stereocenters. The number of benzene rings is 1. The third-order valence-electron chi connectivity index (χ3n) is 4.44. The zero-order valence-corrected chi connectivity index (χ0v) is 13.0. The fraction of sp³-hybridized carbons (Fsp3) is 0.647. The van der Waals surface area contributed by atoms with Crippen molar-refractivity contribution < 1.29 is 0 Å². The highest BCUT2D eigenvalue weighted by atomic mass is 35.5. The van der Waals surface area contributed by atoms with Crippen molar-refractivity contribution in [3.05, 3.63) is 28.8 Å². The summed E-state index contributed by atoms with van der Waals surface area (Å²) in [4.78, 5) is 2.55. The van der Waals surface area contributed by atoms with Crippen LogP contribution in [0.5, 0.6) is 0 Å². The van der Waals surface area contributed by atoms with Crippen LogP contribution in [0.2, 0.25) is 5.02 Å². The van der Waals surface area contributed by atoms with E-state index in [1.807, 2.05) is 6.07 Å². The van der Waals surface area contributed by atoms with E-state index in [0.717, 1.165) is 17.6 Å². The molecule has 0 amide bonds. The van der Waals surface area contributed by atoms with Crippen LogP contribution in [0.15, 0.2) is 18.2 Å². The van der Waals surface area contributed by atoms with E-state index < -0.39 is 0 Å². The maximum Gasteiger partial charge on any atom is 0.0471 e. The molecule has 1 aromatic carbocycles. The van der Waals surface area contributed by atoms with Crippen molar-refractivity contribution in [2.24, 2.45) is 0 Å². The SMILES string of the molecule is Clc1cccc(N2CCCCCCC2)c1CNC1CC1. The molecule has 1 saturated heterocycles. The number of nitrogens with zero attached hydrogens (tertiary/aromatic N) is 1. The zero-order valence-electron chi connectivity index (χ0n) is 12.2. The second kappa shape index (κ2) is 6.82. The zero-order chi connectivity index (χ0) is 13.8. The number of anilines is 1. The fourth-order valence-electron chi connectivity index (χ4n) is 3.04. The number of hydrogen-bond acceptors (Lipinski definition) is 2. The van der Waals surface area contributed by atoms with Gasteiger partial charge in [0.25, 0.3) is 0 Å². The van der Waals surface area contributed by atoms with Crippen molar-refractivity contribution in [1.29, 1.82) is 0 Å². The van der Waals surface area contributed by atoms with Gasteiger partial charge in [0, 0.05) is 41.9 Å². The summed E-state index contributed by atoms with van der Waals surface area (Å²) in [6, 6.07) is 7.10. The van der Waals surface area contributed by atoms with Crippen LogP contribution in [0.3, 0.4) is 0 Å². The summed E-state index contributed by atoms with van der Waals surface area (Å²) in [5, 5.41) is 4.52. The smallest absolute Gasteiger partial charge is 0.0471 e. The van der Waals surface area contributed by atoms with Gasteiger partial charge in [0.2, 0.25) is 0 Å². The molecular formula is C17H25ClN2. The minimum atomic E-state index is 0.728. The Labute approximate surface area is 127 Å². The van der Waals surface area contributed by atoms with Crippen molar-refractivity contribution in [3.8, 4) is 0 Å². The van der Waals surface area contributed by atoms with Crippen molar-refractivity contribution in [2.75, 3.05) is 18.0 Å². The lowest BCUT2D eigenvalue weighted by atomic mass is 10.1. The highest BCUT2D eigenvalue weighted by molar-refractivity contribution is 6.31. The van der Waals surface area contributed by atoms with Crippen molar-refractivity contribution in [2.45, 2.75) is 57.5 Å². The molecule has 0 spiro atoms. The average Bonchev–Trinajstić information content (AvgIpc) is 3.21. The van der Waals surface area contributed by atoms with Gasteiger partial charge < -0.3 is 10.2 Å². The third kappa shape index (κ3) is 3.67. The van der Waals surface area contributed by atoms with Crippen LogP contribution in [0.1, 0.15) is 50.5 Å². The van der Waals surface area contributed by atoms with E-state index in [1.54, 1.807) is 0 Å². The molecule has 0 bridgehead atoms. The molecule has 1 aromatic rings. The molecule has 0 unspecified atom stereocenters. The maximum atomic E-state index is 6.46. The van der Waals surface area contributed by atoms with Gasteiger partial charge in [0.15, 0.2) is 0 Å². The number of halogens is 1. The minimum Gasteiger partial charge on any atom is -0.371 e. The van der Waals surface area contributed by atoms with Crippen molar-refractivity contribution in [1.82, 2.24) is 5.32 Å². The molecule has 3 heteroatoms. The average molecular weight is 293 g/mol. The normalized spacial score (nSPS) is 20.6. The Morgan fingerprint density at radius 1 is 1.05 bits per heavy atom. The highest BCUT2D eigenvalue weighted by Gasteiger charge is 2.22. The van der Waals surface area contributed by atoms with Crippen LogP contribution < -0.4 is 10.2 Å². The van der Waals surface area contributed by atoms with Gasteiger partial charge in [0.05, 0.1) is 0 Å². The Hall–Kier alpha value is -0.730. The van der Waals surface area contributed by atoms with E-state index in [0.29, 0.717) is 0 Å². The Kier molecular flexibility index (Phi) is 4.85. The van der Waals surface area contributed by atoms with Gasteiger partial charge >= 0.3 is 0 Å². The van der Waals surface area contributed by atoms with Crippen LogP contribution in [0.4, 0.5) is 5.69 Å². The number of nitrogens with one attached hydrogen (secondary N) is 1. The molecule has 110 valence electrons. The van der Waals surface area contributed by atoms with Gasteiger partial charge in [-0.05, 0) is 37.8 Å². The van der Waals surface area contributed by atoms with E-state index in [9.17, 15) is 0 Å². The molecule has 20 heavy (non-hydrogen) atoms. The molecule has 1 N–H and O–H groups in total. The number of rotatable bonds is 4. The van der Waals surface area contributed by atoms with E-state index in [2.05, 4.69) is 22.3 Å². The molecule has 1 aliphatic carbocycles. The first-order chi connectivity index (χ1) is 9.84. The van der Waals surface area contributed by atoms with Gasteiger partial charge in [-0.3, -0.25) is 0 Å². The molecule has 0 aromatic heterocycles. The molecule has 3 rings (SSSR count). The molecule has 1 heterocycles. The van der Waals surface area contributed by atoms with Crippen molar-refractivity contribution in [3.63, 3.8) is 0 Å². The predicted octanol–water partition coefficient (Wildman–Crippen LogP) is 4.36. The molecule has 1 aliphatic heterocycles. The summed E-state index contributed by atoms with van der Waals surface area (Å²) in [5.74, 6) is 0. The van der Waals surface area contributed by atoms with Crippen molar-refractivity contribution >= 4 is 17.3 Å². The summed E-state index contributed by atoms with van der Waals surface area (Å²) >= 11 is 6.46. The van der Waals surface area contributed by atoms with Crippen LogP contribution in [0.25, 0.3) is 0 Å². The minimum absolute atomic E-state index is 0.728. The first-order valence-corrected chi connectivity index (χ1v) is 8.48. The highest BCUT2D eigenvalue weighted by Crippen LogP contribution is 2.30. The quantitative estimate of drug-likeness (QED) is 0.887. The first kappa shape index (κ1) is 14.2. The van der Waals surface area contributed by atoms with Gasteiger partial charge in [0.1, 0.15) is 0 Å². The third-order valence-corrected chi connectivity index (χ3v) is 4.79. The summed E-state index contributed by atoms with van der Waals surface area (Å²) in [6.07, 6.45) is 9.40. The standard InChI is InChI=1S/C17H25ClN2/c18-16-7-6-8-17(15(16)13-19-14-9-10-14)20-11-4-2-1-3-5-12-20/h6-8,14,19H,1-5,9-13H2. The van der Waals surface area contributed by atoms with E-state index in [-0.39, 0.29) is 0 Å². The molecular weight excluding hydrogens is 268 g/mol. The summed E-state index contributed by atoms with van der Waals surface area (Å²) in [6.45, 7) is 3.27. The Bertz CT molecular complexity index is 435. The predicted molar refractivity (Wildman–Crippen MR) is 86.6 cm³/mol. The van der Waals surface area contributed by atoms with Crippen LogP contribution in [-0.4, -0.2) is 19.1 Å². The fourth-order valence-corrected chi connectivity index (χ4v) is 3.28. The summed E-state index contributed by atoms with van der Waals surface area (Å²) in [5.41, 5.74) is 2.65. The molecule has 2 fully saturated rings. The van der Waals surface area contributed by atoms with Crippen LogP contribution in [0, 0.1) is 0 Å². The van der Waals surface area contributed by atoms with E-state index in [4.69, 9.17) is 11.6 Å². The first-order valence-electron chi connectivity index (χ1n) is 8.10. The van der Waals surface area contributed by atoms with E-state index in [1.165, 1.54) is 69.3 Å². The Balaban J connectivity index is 1.76. The van der Waals surface area contributed by atoms with E-state index >= 15 is 0 Å². The summed E-state index contributed by atoms with van der Waals surface area (Å²) < 4.78 is 0. The Morgan fingerprint density at radius 2 is 1.75 bits per heavy atom. The maximum absolute atomic E-state index is 6.46. The van der Waals surface area contributed by atoms with Crippen LogP contribution >= 0.6 is 11.6 Å². The second-order valence-electron chi connectivity index (χ2n) is 6.15. The summed E-state index contributed by atoms with van der Waals surface area (Å²) in [7, 11) is 0. The lowest BCUT2D eigenvalue weighted by Crippen LogP contribution is -2.29. The van der Waals surface area contributed by atoms with Gasteiger partial charge in [-0.25, -0.2) is 0 Å². The molecule has 0 radical (unpaired) electrons. The number of hydrogen-bond donors (Lipinski definition) is 1.